The summed E-state index contributed by atoms with van der Waals surface area (Å²) in [6.45, 7) is 2.37. The summed E-state index contributed by atoms with van der Waals surface area (Å²) in [6, 6.07) is 9.15. The number of thioether (sulfide) groups is 1. The summed E-state index contributed by atoms with van der Waals surface area (Å²) in [6.07, 6.45) is 3.81. The highest BCUT2D eigenvalue weighted by Crippen LogP contribution is 2.29. The van der Waals surface area contributed by atoms with Crippen LogP contribution in [-0.4, -0.2) is 11.5 Å². The Balaban J connectivity index is 1.97. The smallest absolute Gasteiger partial charge is 0.179 e. The zero-order valence-electron chi connectivity index (χ0n) is 11.0. The molecule has 0 radical (unpaired) electrons. The molecular formula is C15H14Cl2NOS+. The average Bonchev–Trinajstić information content (AvgIpc) is 2.43. The summed E-state index contributed by atoms with van der Waals surface area (Å²) in [5.74, 6) is 0.927. The van der Waals surface area contributed by atoms with Crippen LogP contribution in [0.1, 0.15) is 17.3 Å². The van der Waals surface area contributed by atoms with Gasteiger partial charge in [-0.25, -0.2) is 4.57 Å². The van der Waals surface area contributed by atoms with Gasteiger partial charge in [0.2, 0.25) is 0 Å². The molecule has 1 aromatic carbocycles. The van der Waals surface area contributed by atoms with Gasteiger partial charge in [-0.3, -0.25) is 4.79 Å². The molecule has 0 aliphatic carbocycles. The zero-order valence-corrected chi connectivity index (χ0v) is 13.3. The van der Waals surface area contributed by atoms with Crippen LogP contribution >= 0.6 is 35.0 Å². The number of ketones is 1. The number of pyridine rings is 1. The highest BCUT2D eigenvalue weighted by Gasteiger charge is 2.08. The Morgan fingerprint density at radius 1 is 1.30 bits per heavy atom. The van der Waals surface area contributed by atoms with Crippen LogP contribution in [0.25, 0.3) is 0 Å². The van der Waals surface area contributed by atoms with Crippen LogP contribution in [0.5, 0.6) is 0 Å². The number of aromatic nitrogens is 1. The second-order valence-corrected chi connectivity index (χ2v) is 6.29. The molecule has 104 valence electrons. The molecule has 0 fully saturated rings. The summed E-state index contributed by atoms with van der Waals surface area (Å²) >= 11 is 13.7. The van der Waals surface area contributed by atoms with E-state index in [4.69, 9.17) is 23.2 Å². The number of hydrogen-bond acceptors (Lipinski definition) is 2. The predicted octanol–water partition coefficient (Wildman–Crippen LogP) is 4.28. The quantitative estimate of drug-likeness (QED) is 0.464. The lowest BCUT2D eigenvalue weighted by Crippen LogP contribution is -2.34. The van der Waals surface area contributed by atoms with E-state index < -0.39 is 0 Å². The highest BCUT2D eigenvalue weighted by molar-refractivity contribution is 7.99. The number of nitrogens with zero attached hydrogens (tertiary/aromatic N) is 1. The molecule has 1 heterocycles. The first-order valence-electron chi connectivity index (χ1n) is 6.14. The fourth-order valence-electron chi connectivity index (χ4n) is 1.72. The normalized spacial score (nSPS) is 10.6. The molecule has 5 heteroatoms. The standard InChI is InChI=1S/C15H14Cl2NOS/c1-11(19)12-3-2-6-18(10-12)7-8-20-15-9-13(16)4-5-14(15)17/h2-6,9-10H,7-8H2,1H3/q+1. The van der Waals surface area contributed by atoms with Crippen molar-refractivity contribution < 1.29 is 9.36 Å². The third-order valence-corrected chi connectivity index (χ3v) is 4.48. The van der Waals surface area contributed by atoms with Gasteiger partial charge in [0.15, 0.2) is 24.7 Å². The monoisotopic (exact) mass is 326 g/mol. The fourth-order valence-corrected chi connectivity index (χ4v) is 3.17. The largest absolute Gasteiger partial charge is 0.294 e. The number of halogens is 2. The van der Waals surface area contributed by atoms with Gasteiger partial charge < -0.3 is 0 Å². The maximum atomic E-state index is 11.3. The number of carbonyl (C=O) groups is 1. The van der Waals surface area contributed by atoms with E-state index >= 15 is 0 Å². The number of Topliss-reactive ketones (excluding diaryl/α,β-unsaturated/α-hetero) is 1. The van der Waals surface area contributed by atoms with Crippen LogP contribution in [0.3, 0.4) is 0 Å². The number of hydrogen-bond donors (Lipinski definition) is 0. The van der Waals surface area contributed by atoms with E-state index in [1.165, 1.54) is 0 Å². The van der Waals surface area contributed by atoms with Gasteiger partial charge in [-0.15, -0.1) is 11.8 Å². The molecule has 2 aromatic rings. The molecule has 0 N–H and O–H groups in total. The molecule has 0 bridgehead atoms. The lowest BCUT2D eigenvalue weighted by Gasteiger charge is -2.03. The van der Waals surface area contributed by atoms with Gasteiger partial charge >= 0.3 is 0 Å². The van der Waals surface area contributed by atoms with Crippen LogP contribution < -0.4 is 4.57 Å². The number of rotatable bonds is 5. The van der Waals surface area contributed by atoms with Crippen LogP contribution in [0.2, 0.25) is 10.0 Å². The molecule has 0 aliphatic heterocycles. The van der Waals surface area contributed by atoms with E-state index in [9.17, 15) is 4.79 Å². The lowest BCUT2D eigenvalue weighted by atomic mass is 10.2. The van der Waals surface area contributed by atoms with E-state index in [2.05, 4.69) is 0 Å². The highest BCUT2D eigenvalue weighted by atomic mass is 35.5. The van der Waals surface area contributed by atoms with E-state index in [1.807, 2.05) is 35.2 Å². The van der Waals surface area contributed by atoms with Crippen molar-refractivity contribution in [3.05, 3.63) is 58.3 Å². The minimum absolute atomic E-state index is 0.0740. The van der Waals surface area contributed by atoms with Gasteiger partial charge in [-0.05, 0) is 31.2 Å². The summed E-state index contributed by atoms with van der Waals surface area (Å²) in [4.78, 5) is 12.3. The third kappa shape index (κ3) is 4.23. The first kappa shape index (κ1) is 15.4. The number of carbonyl (C=O) groups excluding carboxylic acids is 1. The second-order valence-electron chi connectivity index (χ2n) is 4.31. The molecule has 2 rings (SSSR count). The van der Waals surface area contributed by atoms with Crippen LogP contribution in [0.4, 0.5) is 0 Å². The van der Waals surface area contributed by atoms with Crippen LogP contribution in [-0.2, 0) is 6.54 Å². The summed E-state index contributed by atoms with van der Waals surface area (Å²) in [5, 5.41) is 1.39. The summed E-state index contributed by atoms with van der Waals surface area (Å²) in [7, 11) is 0. The van der Waals surface area contributed by atoms with Crippen molar-refractivity contribution in [3.63, 3.8) is 0 Å². The molecule has 1 aromatic heterocycles. The molecule has 0 unspecified atom stereocenters. The van der Waals surface area contributed by atoms with Crippen molar-refractivity contribution in [1.82, 2.24) is 0 Å². The molecular weight excluding hydrogens is 313 g/mol. The minimum atomic E-state index is 0.0740. The third-order valence-electron chi connectivity index (χ3n) is 2.77. The lowest BCUT2D eigenvalue weighted by molar-refractivity contribution is -0.692. The Kier molecular flexibility index (Phi) is 5.46. The average molecular weight is 327 g/mol. The van der Waals surface area contributed by atoms with Gasteiger partial charge in [-0.2, -0.15) is 0 Å². The zero-order chi connectivity index (χ0) is 14.5. The Labute approximate surface area is 132 Å². The van der Waals surface area contributed by atoms with E-state index in [1.54, 1.807) is 30.8 Å². The van der Waals surface area contributed by atoms with E-state index in [0.717, 1.165) is 22.8 Å². The molecule has 0 spiro atoms. The van der Waals surface area contributed by atoms with Crippen molar-refractivity contribution in [2.45, 2.75) is 18.4 Å². The number of aryl methyl sites for hydroxylation is 1. The predicted molar refractivity (Wildman–Crippen MR) is 83.8 cm³/mol. The van der Waals surface area contributed by atoms with Crippen molar-refractivity contribution in [1.29, 1.82) is 0 Å². The number of benzene rings is 1. The van der Waals surface area contributed by atoms with E-state index in [-0.39, 0.29) is 5.78 Å². The molecule has 2 nitrogen and oxygen atoms in total. The fraction of sp³-hybridized carbons (Fsp3) is 0.200. The molecule has 0 aliphatic rings. The van der Waals surface area contributed by atoms with Gasteiger partial charge in [0, 0.05) is 16.0 Å². The summed E-state index contributed by atoms with van der Waals surface area (Å²) < 4.78 is 2.00. The van der Waals surface area contributed by atoms with Crippen LogP contribution in [0.15, 0.2) is 47.6 Å². The van der Waals surface area contributed by atoms with Gasteiger partial charge in [-0.1, -0.05) is 23.2 Å². The molecule has 0 saturated carbocycles. The maximum absolute atomic E-state index is 11.3. The summed E-state index contributed by atoms with van der Waals surface area (Å²) in [5.41, 5.74) is 0.721. The first-order chi connectivity index (χ1) is 9.56. The Morgan fingerprint density at radius 2 is 2.10 bits per heavy atom. The maximum Gasteiger partial charge on any atom is 0.179 e. The molecule has 0 atom stereocenters. The molecule has 0 amide bonds. The molecule has 20 heavy (non-hydrogen) atoms. The van der Waals surface area contributed by atoms with Gasteiger partial charge in [0.05, 0.1) is 16.3 Å². The second kappa shape index (κ2) is 7.11. The first-order valence-corrected chi connectivity index (χ1v) is 7.88. The molecule has 0 saturated heterocycles. The SMILES string of the molecule is CC(=O)c1ccc[n+](CCSc2cc(Cl)ccc2Cl)c1. The van der Waals surface area contributed by atoms with E-state index in [0.29, 0.717) is 10.0 Å². The van der Waals surface area contributed by atoms with Crippen molar-refractivity contribution >= 4 is 40.7 Å². The van der Waals surface area contributed by atoms with Gasteiger partial charge in [0.25, 0.3) is 0 Å². The van der Waals surface area contributed by atoms with Gasteiger partial charge in [0.1, 0.15) is 0 Å². The minimum Gasteiger partial charge on any atom is -0.294 e. The topological polar surface area (TPSA) is 20.9 Å². The Bertz CT molecular complexity index is 631. The Morgan fingerprint density at radius 3 is 2.85 bits per heavy atom. The van der Waals surface area contributed by atoms with Crippen LogP contribution in [0, 0.1) is 0 Å². The Hall–Kier alpha value is -1.03. The van der Waals surface area contributed by atoms with Crippen molar-refractivity contribution in [2.75, 3.05) is 5.75 Å². The van der Waals surface area contributed by atoms with Crippen molar-refractivity contribution in [3.8, 4) is 0 Å². The van der Waals surface area contributed by atoms with Crippen molar-refractivity contribution in [2.24, 2.45) is 0 Å².